The number of piperidine rings is 1. The first-order valence-corrected chi connectivity index (χ1v) is 4.78. The average molecular weight is 183 g/mol. The topological polar surface area (TPSA) is 37.4 Å². The normalized spacial score (nSPS) is 28.7. The lowest BCUT2D eigenvalue weighted by molar-refractivity contribution is -0.134. The number of amides is 1. The van der Waals surface area contributed by atoms with Gasteiger partial charge in [-0.15, -0.1) is 0 Å². The van der Waals surface area contributed by atoms with Gasteiger partial charge >= 0.3 is 0 Å². The van der Waals surface area contributed by atoms with Crippen LogP contribution in [0.4, 0.5) is 0 Å². The second-order valence-corrected chi connectivity index (χ2v) is 3.95. The van der Waals surface area contributed by atoms with Gasteiger partial charge in [0, 0.05) is 25.9 Å². The fraction of sp³-hybridized carbons (Fsp3) is 0.800. The molecule has 1 rings (SSSR count). The van der Waals surface area contributed by atoms with Gasteiger partial charge in [0.15, 0.2) is 0 Å². The maximum Gasteiger partial charge on any atom is 0.219 e. The van der Waals surface area contributed by atoms with Gasteiger partial charge in [0.1, 0.15) is 5.78 Å². The van der Waals surface area contributed by atoms with Crippen LogP contribution >= 0.6 is 0 Å². The number of carbonyl (C=O) groups is 2. The second kappa shape index (κ2) is 3.90. The van der Waals surface area contributed by atoms with Crippen LogP contribution in [-0.2, 0) is 9.59 Å². The number of likely N-dealkylation sites (tertiary alicyclic amines) is 1. The third-order valence-corrected chi connectivity index (χ3v) is 2.87. The van der Waals surface area contributed by atoms with E-state index in [-0.39, 0.29) is 17.6 Å². The molecule has 1 heterocycles. The van der Waals surface area contributed by atoms with Crippen molar-refractivity contribution in [2.75, 3.05) is 13.1 Å². The Hall–Kier alpha value is -0.860. The van der Waals surface area contributed by atoms with Gasteiger partial charge in [-0.3, -0.25) is 9.59 Å². The molecule has 1 fully saturated rings. The van der Waals surface area contributed by atoms with Gasteiger partial charge in [-0.2, -0.15) is 0 Å². The zero-order valence-electron chi connectivity index (χ0n) is 8.54. The minimum atomic E-state index is 0.119. The lowest BCUT2D eigenvalue weighted by atomic mass is 9.84. The quantitative estimate of drug-likeness (QED) is 0.610. The van der Waals surface area contributed by atoms with Crippen molar-refractivity contribution in [3.05, 3.63) is 0 Å². The molecule has 0 aromatic rings. The predicted octanol–water partition coefficient (Wildman–Crippen LogP) is 1.08. The van der Waals surface area contributed by atoms with Crippen molar-refractivity contribution < 1.29 is 9.59 Å². The molecule has 2 atom stereocenters. The fourth-order valence-electron chi connectivity index (χ4n) is 2.04. The summed E-state index contributed by atoms with van der Waals surface area (Å²) in [4.78, 5) is 24.1. The minimum absolute atomic E-state index is 0.119. The largest absolute Gasteiger partial charge is 0.343 e. The molecule has 74 valence electrons. The number of nitrogens with zero attached hydrogens (tertiary/aromatic N) is 1. The van der Waals surface area contributed by atoms with Crippen LogP contribution in [0.25, 0.3) is 0 Å². The summed E-state index contributed by atoms with van der Waals surface area (Å²) in [6, 6.07) is 0. The van der Waals surface area contributed by atoms with E-state index in [1.165, 1.54) is 0 Å². The van der Waals surface area contributed by atoms with Crippen LogP contribution in [0, 0.1) is 11.8 Å². The number of ketones is 1. The Morgan fingerprint density at radius 1 is 1.31 bits per heavy atom. The summed E-state index contributed by atoms with van der Waals surface area (Å²) in [5.41, 5.74) is 0. The van der Waals surface area contributed by atoms with Gasteiger partial charge in [-0.25, -0.2) is 0 Å². The smallest absolute Gasteiger partial charge is 0.219 e. The van der Waals surface area contributed by atoms with Gasteiger partial charge in [0.25, 0.3) is 0 Å². The van der Waals surface area contributed by atoms with Crippen molar-refractivity contribution in [2.24, 2.45) is 11.8 Å². The SMILES string of the molecule is CC(=O)C1CCN(C(C)=O)CC1C. The van der Waals surface area contributed by atoms with Crippen molar-refractivity contribution in [2.45, 2.75) is 27.2 Å². The molecule has 1 amide bonds. The van der Waals surface area contributed by atoms with E-state index >= 15 is 0 Å². The molecule has 2 unspecified atom stereocenters. The second-order valence-electron chi connectivity index (χ2n) is 3.95. The molecule has 3 nitrogen and oxygen atoms in total. The molecule has 0 saturated carbocycles. The fourth-order valence-corrected chi connectivity index (χ4v) is 2.04. The summed E-state index contributed by atoms with van der Waals surface area (Å²) in [5.74, 6) is 0.857. The molecule has 0 radical (unpaired) electrons. The summed E-state index contributed by atoms with van der Waals surface area (Å²) in [6.07, 6.45) is 0.829. The molecule has 1 aliphatic rings. The van der Waals surface area contributed by atoms with E-state index in [1.54, 1.807) is 13.8 Å². The first-order chi connectivity index (χ1) is 6.02. The first kappa shape index (κ1) is 10.2. The highest BCUT2D eigenvalue weighted by Crippen LogP contribution is 2.23. The van der Waals surface area contributed by atoms with Crippen molar-refractivity contribution in [3.8, 4) is 0 Å². The van der Waals surface area contributed by atoms with Crippen molar-refractivity contribution in [1.29, 1.82) is 0 Å². The maximum atomic E-state index is 11.2. The molecule has 1 aliphatic heterocycles. The molecule has 0 spiro atoms. The van der Waals surface area contributed by atoms with Crippen LogP contribution < -0.4 is 0 Å². The summed E-state index contributed by atoms with van der Waals surface area (Å²) in [7, 11) is 0. The standard InChI is InChI=1S/C10H17NO2/c1-7-6-11(9(3)13)5-4-10(7)8(2)12/h7,10H,4-6H2,1-3H3. The van der Waals surface area contributed by atoms with Gasteiger partial charge in [-0.1, -0.05) is 6.92 Å². The van der Waals surface area contributed by atoms with Gasteiger partial charge in [-0.05, 0) is 19.3 Å². The third kappa shape index (κ3) is 2.29. The zero-order valence-corrected chi connectivity index (χ0v) is 8.54. The Morgan fingerprint density at radius 2 is 1.92 bits per heavy atom. The summed E-state index contributed by atoms with van der Waals surface area (Å²) >= 11 is 0. The van der Waals surface area contributed by atoms with Crippen molar-refractivity contribution in [1.82, 2.24) is 4.90 Å². The van der Waals surface area contributed by atoms with Crippen molar-refractivity contribution >= 4 is 11.7 Å². The molecule has 0 aliphatic carbocycles. The van der Waals surface area contributed by atoms with Crippen molar-refractivity contribution in [3.63, 3.8) is 0 Å². The molecule has 0 aromatic carbocycles. The van der Waals surface area contributed by atoms with E-state index in [1.807, 2.05) is 11.8 Å². The lowest BCUT2D eigenvalue weighted by Crippen LogP contribution is -2.43. The molecule has 13 heavy (non-hydrogen) atoms. The number of Topliss-reactive ketones (excluding diaryl/α,β-unsaturated/α-hetero) is 1. The number of rotatable bonds is 1. The highest BCUT2D eigenvalue weighted by molar-refractivity contribution is 5.79. The third-order valence-electron chi connectivity index (χ3n) is 2.87. The van der Waals surface area contributed by atoms with Gasteiger partial charge in [0.2, 0.25) is 5.91 Å². The number of carbonyl (C=O) groups excluding carboxylic acids is 2. The number of hydrogen-bond donors (Lipinski definition) is 0. The molecule has 0 aromatic heterocycles. The lowest BCUT2D eigenvalue weighted by Gasteiger charge is -2.35. The van der Waals surface area contributed by atoms with E-state index in [0.717, 1.165) is 19.5 Å². The van der Waals surface area contributed by atoms with Crippen LogP contribution in [0.1, 0.15) is 27.2 Å². The van der Waals surface area contributed by atoms with Crippen LogP contribution in [-0.4, -0.2) is 29.7 Å². The van der Waals surface area contributed by atoms with Crippen LogP contribution in [0.5, 0.6) is 0 Å². The highest BCUT2D eigenvalue weighted by Gasteiger charge is 2.29. The van der Waals surface area contributed by atoms with E-state index in [9.17, 15) is 9.59 Å². The monoisotopic (exact) mass is 183 g/mol. The minimum Gasteiger partial charge on any atom is -0.343 e. The van der Waals surface area contributed by atoms with Crippen LogP contribution in [0.2, 0.25) is 0 Å². The van der Waals surface area contributed by atoms with Crippen LogP contribution in [0.3, 0.4) is 0 Å². The summed E-state index contributed by atoms with van der Waals surface area (Å²) < 4.78 is 0. The summed E-state index contributed by atoms with van der Waals surface area (Å²) in [6.45, 7) is 6.75. The van der Waals surface area contributed by atoms with Crippen LogP contribution in [0.15, 0.2) is 0 Å². The Bertz CT molecular complexity index is 225. The van der Waals surface area contributed by atoms with Gasteiger partial charge < -0.3 is 4.90 Å². The molecule has 0 bridgehead atoms. The Labute approximate surface area is 79.1 Å². The van der Waals surface area contributed by atoms with E-state index in [2.05, 4.69) is 0 Å². The maximum absolute atomic E-state index is 11.2. The first-order valence-electron chi connectivity index (χ1n) is 4.78. The molecule has 3 heteroatoms. The van der Waals surface area contributed by atoms with E-state index in [4.69, 9.17) is 0 Å². The molecular weight excluding hydrogens is 166 g/mol. The zero-order chi connectivity index (χ0) is 10.0. The van der Waals surface area contributed by atoms with E-state index < -0.39 is 0 Å². The molecular formula is C10H17NO2. The molecule has 0 N–H and O–H groups in total. The van der Waals surface area contributed by atoms with E-state index in [0.29, 0.717) is 5.92 Å². The Balaban J connectivity index is 2.56. The molecule has 1 saturated heterocycles. The predicted molar refractivity (Wildman–Crippen MR) is 50.2 cm³/mol. The summed E-state index contributed by atoms with van der Waals surface area (Å²) in [5, 5.41) is 0. The Morgan fingerprint density at radius 3 is 2.31 bits per heavy atom. The number of hydrogen-bond acceptors (Lipinski definition) is 2. The Kier molecular flexibility index (Phi) is 3.07. The highest BCUT2D eigenvalue weighted by atomic mass is 16.2. The average Bonchev–Trinajstić information content (AvgIpc) is 2.03. The van der Waals surface area contributed by atoms with Gasteiger partial charge in [0.05, 0.1) is 0 Å².